The molecule has 0 spiro atoms. The molecular formula is C10H8ClF4NO. The summed E-state index contributed by atoms with van der Waals surface area (Å²) in [7, 11) is 0. The zero-order chi connectivity index (χ0) is 13.2. The molecule has 1 aromatic rings. The molecule has 94 valence electrons. The maximum Gasteiger partial charge on any atom is 0.471 e. The highest BCUT2D eigenvalue weighted by Crippen LogP contribution is 2.21. The first-order valence-electron chi connectivity index (χ1n) is 4.51. The molecule has 0 saturated heterocycles. The van der Waals surface area contributed by atoms with Crippen LogP contribution < -0.4 is 5.32 Å². The lowest BCUT2D eigenvalue weighted by Crippen LogP contribution is -2.36. The van der Waals surface area contributed by atoms with Crippen molar-refractivity contribution >= 4 is 17.5 Å². The van der Waals surface area contributed by atoms with Crippen LogP contribution in [0, 0.1) is 12.7 Å². The van der Waals surface area contributed by atoms with Crippen molar-refractivity contribution in [2.45, 2.75) is 19.6 Å². The van der Waals surface area contributed by atoms with E-state index in [-0.39, 0.29) is 16.1 Å². The SMILES string of the molecule is Cc1cc(Cl)c(CNC(=O)C(F)(F)F)cc1F. The van der Waals surface area contributed by atoms with Gasteiger partial charge in [-0.05, 0) is 30.2 Å². The first-order chi connectivity index (χ1) is 7.71. The van der Waals surface area contributed by atoms with E-state index in [0.717, 1.165) is 6.07 Å². The average molecular weight is 270 g/mol. The van der Waals surface area contributed by atoms with Crippen molar-refractivity contribution in [2.75, 3.05) is 0 Å². The third-order valence-electron chi connectivity index (χ3n) is 2.02. The van der Waals surface area contributed by atoms with Gasteiger partial charge in [0.15, 0.2) is 0 Å². The molecule has 0 aliphatic carbocycles. The van der Waals surface area contributed by atoms with Crippen LogP contribution in [0.25, 0.3) is 0 Å². The standard InChI is InChI=1S/C10H8ClF4NO/c1-5-2-7(11)6(3-8(5)12)4-16-9(17)10(13,14)15/h2-3H,4H2,1H3,(H,16,17). The third kappa shape index (κ3) is 3.59. The van der Waals surface area contributed by atoms with E-state index < -0.39 is 24.4 Å². The lowest BCUT2D eigenvalue weighted by Gasteiger charge is -2.10. The summed E-state index contributed by atoms with van der Waals surface area (Å²) in [5, 5.41) is 1.71. The second-order valence-electron chi connectivity index (χ2n) is 3.37. The fraction of sp³-hybridized carbons (Fsp3) is 0.300. The fourth-order valence-corrected chi connectivity index (χ4v) is 1.38. The monoisotopic (exact) mass is 269 g/mol. The normalized spacial score (nSPS) is 11.4. The Bertz CT molecular complexity index is 445. The first kappa shape index (κ1) is 13.8. The van der Waals surface area contributed by atoms with Crippen molar-refractivity contribution in [3.05, 3.63) is 34.1 Å². The minimum atomic E-state index is -4.96. The van der Waals surface area contributed by atoms with E-state index in [1.54, 1.807) is 5.32 Å². The molecule has 0 aliphatic heterocycles. The molecule has 0 aliphatic rings. The Kier molecular flexibility index (Phi) is 3.98. The van der Waals surface area contributed by atoms with Gasteiger partial charge in [-0.3, -0.25) is 4.79 Å². The molecule has 1 amide bonds. The number of carbonyl (C=O) groups is 1. The summed E-state index contributed by atoms with van der Waals surface area (Å²) in [5.41, 5.74) is 0.369. The number of nitrogens with one attached hydrogen (secondary N) is 1. The molecule has 2 nitrogen and oxygen atoms in total. The molecule has 0 unspecified atom stereocenters. The highest BCUT2D eigenvalue weighted by molar-refractivity contribution is 6.31. The lowest BCUT2D eigenvalue weighted by molar-refractivity contribution is -0.173. The van der Waals surface area contributed by atoms with Gasteiger partial charge in [-0.15, -0.1) is 0 Å². The molecule has 1 N–H and O–H groups in total. The van der Waals surface area contributed by atoms with E-state index in [1.807, 2.05) is 0 Å². The summed E-state index contributed by atoms with van der Waals surface area (Å²) < 4.78 is 48.8. The molecule has 0 bridgehead atoms. The average Bonchev–Trinajstić information content (AvgIpc) is 2.19. The second-order valence-corrected chi connectivity index (χ2v) is 3.78. The van der Waals surface area contributed by atoms with Crippen LogP contribution in [0.1, 0.15) is 11.1 Å². The Labute approximate surface area is 99.6 Å². The Hall–Kier alpha value is -1.30. The Morgan fingerprint density at radius 2 is 2.00 bits per heavy atom. The summed E-state index contributed by atoms with van der Waals surface area (Å²) in [6.07, 6.45) is -4.96. The van der Waals surface area contributed by atoms with Crippen LogP contribution in [0.15, 0.2) is 12.1 Å². The zero-order valence-electron chi connectivity index (χ0n) is 8.66. The topological polar surface area (TPSA) is 29.1 Å². The Morgan fingerprint density at radius 1 is 1.41 bits per heavy atom. The van der Waals surface area contributed by atoms with Crippen LogP contribution in [-0.2, 0) is 11.3 Å². The molecule has 0 heterocycles. The van der Waals surface area contributed by atoms with Gasteiger partial charge in [0.25, 0.3) is 0 Å². The van der Waals surface area contributed by atoms with Crippen LogP contribution in [0.4, 0.5) is 17.6 Å². The van der Waals surface area contributed by atoms with Gasteiger partial charge >= 0.3 is 12.1 Å². The molecule has 0 fully saturated rings. The molecule has 1 aromatic carbocycles. The number of hydrogen-bond acceptors (Lipinski definition) is 1. The number of aryl methyl sites for hydroxylation is 1. The minimum absolute atomic E-state index is 0.0902. The number of amides is 1. The summed E-state index contributed by atoms with van der Waals surface area (Å²) in [5.74, 6) is -2.68. The van der Waals surface area contributed by atoms with Crippen molar-refractivity contribution in [1.29, 1.82) is 0 Å². The number of hydrogen-bond donors (Lipinski definition) is 1. The number of rotatable bonds is 2. The quantitative estimate of drug-likeness (QED) is 0.822. The van der Waals surface area contributed by atoms with Crippen LogP contribution in [0.3, 0.4) is 0 Å². The highest BCUT2D eigenvalue weighted by Gasteiger charge is 2.38. The summed E-state index contributed by atoms with van der Waals surface area (Å²) in [4.78, 5) is 10.5. The zero-order valence-corrected chi connectivity index (χ0v) is 9.42. The molecule has 1 rings (SSSR count). The Morgan fingerprint density at radius 3 is 2.53 bits per heavy atom. The summed E-state index contributed by atoms with van der Waals surface area (Å²) >= 11 is 5.70. The second kappa shape index (κ2) is 4.91. The van der Waals surface area contributed by atoms with E-state index in [4.69, 9.17) is 11.6 Å². The lowest BCUT2D eigenvalue weighted by atomic mass is 10.1. The van der Waals surface area contributed by atoms with E-state index in [9.17, 15) is 22.4 Å². The van der Waals surface area contributed by atoms with Gasteiger partial charge in [-0.25, -0.2) is 4.39 Å². The van der Waals surface area contributed by atoms with Gasteiger partial charge < -0.3 is 5.32 Å². The maximum atomic E-state index is 13.1. The number of halogens is 5. The maximum absolute atomic E-state index is 13.1. The van der Waals surface area contributed by atoms with Crippen molar-refractivity contribution in [3.8, 4) is 0 Å². The van der Waals surface area contributed by atoms with Crippen LogP contribution >= 0.6 is 11.6 Å². The van der Waals surface area contributed by atoms with Crippen molar-refractivity contribution < 1.29 is 22.4 Å². The van der Waals surface area contributed by atoms with Gasteiger partial charge in [0.05, 0.1) is 0 Å². The minimum Gasteiger partial charge on any atom is -0.344 e. The van der Waals surface area contributed by atoms with Crippen LogP contribution in [-0.4, -0.2) is 12.1 Å². The van der Waals surface area contributed by atoms with Crippen LogP contribution in [0.2, 0.25) is 5.02 Å². The van der Waals surface area contributed by atoms with Crippen molar-refractivity contribution in [3.63, 3.8) is 0 Å². The van der Waals surface area contributed by atoms with E-state index >= 15 is 0 Å². The van der Waals surface area contributed by atoms with Crippen molar-refractivity contribution in [2.24, 2.45) is 0 Å². The number of carbonyl (C=O) groups excluding carboxylic acids is 1. The van der Waals surface area contributed by atoms with E-state index in [2.05, 4.69) is 0 Å². The van der Waals surface area contributed by atoms with Gasteiger partial charge in [0.2, 0.25) is 0 Å². The van der Waals surface area contributed by atoms with Crippen LogP contribution in [0.5, 0.6) is 0 Å². The van der Waals surface area contributed by atoms with E-state index in [1.165, 1.54) is 13.0 Å². The van der Waals surface area contributed by atoms with Gasteiger partial charge in [-0.1, -0.05) is 11.6 Å². The largest absolute Gasteiger partial charge is 0.471 e. The van der Waals surface area contributed by atoms with E-state index in [0.29, 0.717) is 0 Å². The molecule has 17 heavy (non-hydrogen) atoms. The predicted octanol–water partition coefficient (Wildman–Crippen LogP) is 2.97. The van der Waals surface area contributed by atoms with Crippen molar-refractivity contribution in [1.82, 2.24) is 5.32 Å². The molecule has 0 aromatic heterocycles. The fourth-order valence-electron chi connectivity index (χ4n) is 1.10. The molecule has 0 saturated carbocycles. The van der Waals surface area contributed by atoms with Gasteiger partial charge in [0, 0.05) is 11.6 Å². The highest BCUT2D eigenvalue weighted by atomic mass is 35.5. The van der Waals surface area contributed by atoms with Gasteiger partial charge in [0.1, 0.15) is 5.82 Å². The molecular weight excluding hydrogens is 262 g/mol. The first-order valence-corrected chi connectivity index (χ1v) is 4.89. The number of alkyl halides is 3. The van der Waals surface area contributed by atoms with Gasteiger partial charge in [-0.2, -0.15) is 13.2 Å². The predicted molar refractivity (Wildman–Crippen MR) is 54.0 cm³/mol. The molecule has 7 heteroatoms. The summed E-state index contributed by atoms with van der Waals surface area (Å²) in [6.45, 7) is 0.994. The molecule has 0 atom stereocenters. The number of benzene rings is 1. The molecule has 0 radical (unpaired) electrons. The summed E-state index contributed by atoms with van der Waals surface area (Å²) in [6, 6.07) is 2.28. The third-order valence-corrected chi connectivity index (χ3v) is 2.38. The smallest absolute Gasteiger partial charge is 0.344 e. The Balaban J connectivity index is 2.77.